The molecule has 2 atom stereocenters. The average molecular weight is 583 g/mol. The molecule has 0 radical (unpaired) electrons. The number of nitro benzene ring substituents is 1. The number of hydrogen-bond donors (Lipinski definition) is 0. The molecule has 5 rings (SSSR count). The molecule has 2 aliphatic heterocycles. The Morgan fingerprint density at radius 3 is 2.50 bits per heavy atom. The Labute approximate surface area is 216 Å². The van der Waals surface area contributed by atoms with Crippen LogP contribution >= 0.6 is 27.3 Å². The van der Waals surface area contributed by atoms with Crippen LogP contribution in [0, 0.1) is 22.0 Å². The number of nitrogens with zero attached hydrogens (tertiary/aromatic N) is 4. The number of nitro groups is 1. The first-order valence-corrected chi connectivity index (χ1v) is 13.1. The molecule has 3 aromatic rings. The lowest BCUT2D eigenvalue weighted by Gasteiger charge is -2.45. The molecule has 2 saturated heterocycles. The summed E-state index contributed by atoms with van der Waals surface area (Å²) in [5.74, 6) is 0.883. The fourth-order valence-corrected chi connectivity index (χ4v) is 6.52. The third-order valence-electron chi connectivity index (χ3n) is 7.00. The van der Waals surface area contributed by atoms with Crippen LogP contribution in [0.2, 0.25) is 0 Å². The maximum Gasteiger partial charge on any atom is 0.416 e. The zero-order valence-corrected chi connectivity index (χ0v) is 21.4. The number of fused-ring (bicyclic) bond motifs is 2. The van der Waals surface area contributed by atoms with Gasteiger partial charge in [0.25, 0.3) is 11.2 Å². The Bertz CT molecular complexity index is 1370. The van der Waals surface area contributed by atoms with Crippen LogP contribution in [0.3, 0.4) is 0 Å². The molecular formula is C24H22BrF3N4O3S. The number of likely N-dealkylation sites (tertiary alicyclic amines) is 1. The van der Waals surface area contributed by atoms with Crippen LogP contribution in [0.15, 0.2) is 45.7 Å². The smallest absolute Gasteiger partial charge is 0.348 e. The highest BCUT2D eigenvalue weighted by Gasteiger charge is 2.36. The maximum absolute atomic E-state index is 13.2. The standard InChI is InChI=1S/C24H22BrF3N4O3S/c25-18-3-1-14(2-4-18)11-30-7-5-16-13-31(8-6-15(16)12-30)23-29-22(33)19-9-17(24(26,27)28)10-20(32(34)35)21(19)36-23/h1-4,9-10,15-16H,5-8,11-13H2. The monoisotopic (exact) mass is 582 g/mol. The van der Waals surface area contributed by atoms with Crippen molar-refractivity contribution in [1.29, 1.82) is 0 Å². The lowest BCUT2D eigenvalue weighted by molar-refractivity contribution is -0.383. The van der Waals surface area contributed by atoms with Gasteiger partial charge in [0.15, 0.2) is 5.13 Å². The molecule has 2 aliphatic rings. The van der Waals surface area contributed by atoms with E-state index in [2.05, 4.69) is 37.9 Å². The number of aromatic nitrogens is 1. The van der Waals surface area contributed by atoms with Crippen molar-refractivity contribution in [3.8, 4) is 0 Å². The highest BCUT2D eigenvalue weighted by atomic mass is 79.9. The van der Waals surface area contributed by atoms with E-state index in [1.165, 1.54) is 5.56 Å². The zero-order chi connectivity index (χ0) is 25.6. The van der Waals surface area contributed by atoms with Crippen molar-refractivity contribution in [1.82, 2.24) is 9.88 Å². The van der Waals surface area contributed by atoms with Gasteiger partial charge in [-0.25, -0.2) is 0 Å². The number of hydrogen-bond acceptors (Lipinski definition) is 7. The highest BCUT2D eigenvalue weighted by molar-refractivity contribution is 9.10. The Hall–Kier alpha value is -2.57. The first-order chi connectivity index (χ1) is 17.1. The second-order valence-corrected chi connectivity index (χ2v) is 11.2. The van der Waals surface area contributed by atoms with Crippen LogP contribution in [0.1, 0.15) is 24.0 Å². The largest absolute Gasteiger partial charge is 0.416 e. The van der Waals surface area contributed by atoms with Crippen LogP contribution in [-0.2, 0) is 12.7 Å². The second-order valence-electron chi connectivity index (χ2n) is 9.33. The highest BCUT2D eigenvalue weighted by Crippen LogP contribution is 2.40. The van der Waals surface area contributed by atoms with Crippen molar-refractivity contribution in [2.75, 3.05) is 31.1 Å². The Morgan fingerprint density at radius 2 is 1.81 bits per heavy atom. The Kier molecular flexibility index (Phi) is 6.77. The topological polar surface area (TPSA) is 79.6 Å². The molecule has 1 aromatic heterocycles. The van der Waals surface area contributed by atoms with Crippen molar-refractivity contribution < 1.29 is 18.1 Å². The fourth-order valence-electron chi connectivity index (χ4n) is 5.16. The van der Waals surface area contributed by atoms with Gasteiger partial charge in [-0.3, -0.25) is 19.8 Å². The van der Waals surface area contributed by atoms with Crippen molar-refractivity contribution in [2.24, 2.45) is 11.8 Å². The summed E-state index contributed by atoms with van der Waals surface area (Å²) >= 11 is 4.38. The first kappa shape index (κ1) is 25.1. The minimum absolute atomic E-state index is 0.0746. The number of anilines is 1. The second kappa shape index (κ2) is 9.71. The minimum Gasteiger partial charge on any atom is -0.348 e. The van der Waals surface area contributed by atoms with E-state index in [0.29, 0.717) is 42.2 Å². The molecule has 0 bridgehead atoms. The number of halogens is 4. The molecule has 0 aliphatic carbocycles. The summed E-state index contributed by atoms with van der Waals surface area (Å²) in [4.78, 5) is 31.8. The maximum atomic E-state index is 13.2. The molecule has 0 spiro atoms. The molecule has 3 heterocycles. The molecular weight excluding hydrogens is 561 g/mol. The molecule has 0 amide bonds. The van der Waals surface area contributed by atoms with Crippen LogP contribution < -0.4 is 10.5 Å². The molecule has 190 valence electrons. The van der Waals surface area contributed by atoms with E-state index in [4.69, 9.17) is 0 Å². The first-order valence-electron chi connectivity index (χ1n) is 11.5. The quantitative estimate of drug-likeness (QED) is 0.290. The molecule has 2 fully saturated rings. The summed E-state index contributed by atoms with van der Waals surface area (Å²) < 4.78 is 40.7. The van der Waals surface area contributed by atoms with Gasteiger partial charge >= 0.3 is 6.18 Å². The van der Waals surface area contributed by atoms with Gasteiger partial charge in [-0.2, -0.15) is 18.2 Å². The molecule has 2 aromatic carbocycles. The summed E-state index contributed by atoms with van der Waals surface area (Å²) in [5, 5.41) is 11.5. The van der Waals surface area contributed by atoms with Crippen molar-refractivity contribution in [3.63, 3.8) is 0 Å². The number of alkyl halides is 3. The van der Waals surface area contributed by atoms with E-state index in [1.807, 2.05) is 17.0 Å². The summed E-state index contributed by atoms with van der Waals surface area (Å²) in [6.07, 6.45) is -2.94. The lowest BCUT2D eigenvalue weighted by Crippen LogP contribution is -2.49. The van der Waals surface area contributed by atoms with Gasteiger partial charge in [0.05, 0.1) is 15.9 Å². The van der Waals surface area contributed by atoms with Gasteiger partial charge in [0, 0.05) is 36.7 Å². The SMILES string of the molecule is O=c1nc(N2CCC3CN(Cc4ccc(Br)cc4)CCC3C2)sc2c([N+](=O)[O-])cc(C(F)(F)F)cc12. The van der Waals surface area contributed by atoms with Crippen molar-refractivity contribution in [3.05, 3.63) is 72.5 Å². The number of benzene rings is 2. The fraction of sp³-hybridized carbons (Fsp3) is 0.417. The zero-order valence-electron chi connectivity index (χ0n) is 19.0. The molecule has 0 saturated carbocycles. The number of non-ortho nitro benzene ring substituents is 1. The van der Waals surface area contributed by atoms with Gasteiger partial charge < -0.3 is 4.90 Å². The summed E-state index contributed by atoms with van der Waals surface area (Å²) in [5.41, 5.74) is -1.56. The normalized spacial score (nSPS) is 20.9. The predicted molar refractivity (Wildman–Crippen MR) is 135 cm³/mol. The van der Waals surface area contributed by atoms with Gasteiger partial charge in [-0.05, 0) is 55.0 Å². The van der Waals surface area contributed by atoms with Gasteiger partial charge in [0.1, 0.15) is 4.70 Å². The molecule has 0 N–H and O–H groups in total. The lowest BCUT2D eigenvalue weighted by atomic mass is 9.80. The van der Waals surface area contributed by atoms with E-state index < -0.39 is 27.9 Å². The van der Waals surface area contributed by atoms with Crippen LogP contribution in [-0.4, -0.2) is 41.0 Å². The predicted octanol–water partition coefficient (Wildman–Crippen LogP) is 5.69. The van der Waals surface area contributed by atoms with E-state index >= 15 is 0 Å². The average Bonchev–Trinajstić information content (AvgIpc) is 2.84. The van der Waals surface area contributed by atoms with Gasteiger partial charge in [-0.15, -0.1) is 0 Å². The van der Waals surface area contributed by atoms with Gasteiger partial charge in [0.2, 0.25) is 0 Å². The Balaban J connectivity index is 1.35. The summed E-state index contributed by atoms with van der Waals surface area (Å²) in [6.45, 7) is 4.10. The summed E-state index contributed by atoms with van der Waals surface area (Å²) in [6, 6.07) is 9.46. The third kappa shape index (κ3) is 5.12. The van der Waals surface area contributed by atoms with E-state index in [-0.39, 0.29) is 10.1 Å². The molecule has 2 unspecified atom stereocenters. The molecule has 12 heteroatoms. The van der Waals surface area contributed by atoms with Crippen LogP contribution in [0.4, 0.5) is 24.0 Å². The van der Waals surface area contributed by atoms with Crippen molar-refractivity contribution in [2.45, 2.75) is 25.6 Å². The molecule has 7 nitrogen and oxygen atoms in total. The Morgan fingerprint density at radius 1 is 1.11 bits per heavy atom. The number of piperidine rings is 2. The van der Waals surface area contributed by atoms with Gasteiger partial charge in [-0.1, -0.05) is 39.4 Å². The van der Waals surface area contributed by atoms with Crippen molar-refractivity contribution >= 4 is 48.2 Å². The van der Waals surface area contributed by atoms with Crippen LogP contribution in [0.5, 0.6) is 0 Å². The van der Waals surface area contributed by atoms with E-state index in [0.717, 1.165) is 48.3 Å². The minimum atomic E-state index is -4.80. The van der Waals surface area contributed by atoms with E-state index in [9.17, 15) is 28.1 Å². The van der Waals surface area contributed by atoms with Crippen LogP contribution in [0.25, 0.3) is 10.1 Å². The molecule has 36 heavy (non-hydrogen) atoms. The summed E-state index contributed by atoms with van der Waals surface area (Å²) in [7, 11) is 0. The van der Waals surface area contributed by atoms with E-state index in [1.54, 1.807) is 0 Å². The number of rotatable bonds is 4. The third-order valence-corrected chi connectivity index (χ3v) is 8.70.